The molecule has 29 heavy (non-hydrogen) atoms. The predicted octanol–water partition coefficient (Wildman–Crippen LogP) is 2.09. The van der Waals surface area contributed by atoms with E-state index in [2.05, 4.69) is 25.6 Å². The SMILES string of the molecule is O=C(NCc1cn(-c2ccncc2)nn1)[C@@H]1CCCN1c1nc2ccccc2o1. The minimum atomic E-state index is -0.307. The average Bonchev–Trinajstić information content (AvgIpc) is 3.51. The van der Waals surface area contributed by atoms with Crippen molar-refractivity contribution in [2.45, 2.75) is 25.4 Å². The molecule has 1 fully saturated rings. The Bertz CT molecular complexity index is 1100. The third kappa shape index (κ3) is 3.42. The van der Waals surface area contributed by atoms with Crippen LogP contribution < -0.4 is 10.2 Å². The number of nitrogens with zero attached hydrogens (tertiary/aromatic N) is 6. The van der Waals surface area contributed by atoms with Crippen LogP contribution in [0.1, 0.15) is 18.5 Å². The van der Waals surface area contributed by atoms with Crippen molar-refractivity contribution < 1.29 is 9.21 Å². The zero-order valence-electron chi connectivity index (χ0n) is 15.6. The van der Waals surface area contributed by atoms with Gasteiger partial charge in [0.2, 0.25) is 5.91 Å². The second-order valence-electron chi connectivity index (χ2n) is 6.89. The number of anilines is 1. The van der Waals surface area contributed by atoms with Gasteiger partial charge in [-0.15, -0.1) is 5.10 Å². The standard InChI is InChI=1S/C20H19N7O2/c28-19(22-12-14-13-27(25-24-14)15-7-9-21-10-8-15)17-5-3-11-26(17)20-23-16-4-1-2-6-18(16)29-20/h1-2,4,6-10,13,17H,3,5,11-12H2,(H,22,28)/t17-/m0/s1. The summed E-state index contributed by atoms with van der Waals surface area (Å²) >= 11 is 0. The third-order valence-corrected chi connectivity index (χ3v) is 5.00. The lowest BCUT2D eigenvalue weighted by atomic mass is 10.2. The van der Waals surface area contributed by atoms with E-state index < -0.39 is 0 Å². The van der Waals surface area contributed by atoms with Crippen LogP contribution in [0.4, 0.5) is 6.01 Å². The molecular formula is C20H19N7O2. The Morgan fingerprint density at radius 1 is 1.21 bits per heavy atom. The second-order valence-corrected chi connectivity index (χ2v) is 6.89. The van der Waals surface area contributed by atoms with E-state index in [1.54, 1.807) is 23.3 Å². The molecular weight excluding hydrogens is 370 g/mol. The summed E-state index contributed by atoms with van der Waals surface area (Å²) < 4.78 is 7.51. The van der Waals surface area contributed by atoms with Crippen molar-refractivity contribution >= 4 is 23.0 Å². The lowest BCUT2D eigenvalue weighted by Crippen LogP contribution is -2.43. The number of nitrogens with one attached hydrogen (secondary N) is 1. The molecule has 1 atom stereocenters. The van der Waals surface area contributed by atoms with Crippen LogP contribution in [0.2, 0.25) is 0 Å². The summed E-state index contributed by atoms with van der Waals surface area (Å²) in [7, 11) is 0. The smallest absolute Gasteiger partial charge is 0.299 e. The molecule has 1 amide bonds. The fourth-order valence-corrected chi connectivity index (χ4v) is 3.55. The number of hydrogen-bond acceptors (Lipinski definition) is 7. The second kappa shape index (κ2) is 7.34. The van der Waals surface area contributed by atoms with Crippen molar-refractivity contribution in [1.82, 2.24) is 30.3 Å². The summed E-state index contributed by atoms with van der Waals surface area (Å²) in [4.78, 5) is 23.3. The highest BCUT2D eigenvalue weighted by Crippen LogP contribution is 2.28. The number of carbonyl (C=O) groups is 1. The number of oxazole rings is 1. The van der Waals surface area contributed by atoms with Crippen LogP contribution in [0.25, 0.3) is 16.8 Å². The molecule has 1 aliphatic heterocycles. The van der Waals surface area contributed by atoms with Crippen LogP contribution in [0.15, 0.2) is 59.4 Å². The monoisotopic (exact) mass is 389 g/mol. The van der Waals surface area contributed by atoms with E-state index in [1.807, 2.05) is 41.3 Å². The number of rotatable bonds is 5. The van der Waals surface area contributed by atoms with Crippen molar-refractivity contribution in [2.75, 3.05) is 11.4 Å². The minimum Gasteiger partial charge on any atom is -0.423 e. The van der Waals surface area contributed by atoms with Gasteiger partial charge in [-0.25, -0.2) is 4.68 Å². The Morgan fingerprint density at radius 3 is 2.93 bits per heavy atom. The molecule has 4 heterocycles. The number of aromatic nitrogens is 5. The maximum absolute atomic E-state index is 12.8. The van der Waals surface area contributed by atoms with E-state index in [9.17, 15) is 4.79 Å². The van der Waals surface area contributed by atoms with Crippen molar-refractivity contribution in [3.63, 3.8) is 0 Å². The van der Waals surface area contributed by atoms with Gasteiger partial charge in [-0.05, 0) is 37.1 Å². The highest BCUT2D eigenvalue weighted by atomic mass is 16.4. The first-order chi connectivity index (χ1) is 14.3. The quantitative estimate of drug-likeness (QED) is 0.557. The predicted molar refractivity (Wildman–Crippen MR) is 105 cm³/mol. The molecule has 1 N–H and O–H groups in total. The zero-order chi connectivity index (χ0) is 19.6. The van der Waals surface area contributed by atoms with Gasteiger partial charge in [-0.2, -0.15) is 4.98 Å². The fraction of sp³-hybridized carbons (Fsp3) is 0.250. The van der Waals surface area contributed by atoms with E-state index in [1.165, 1.54) is 0 Å². The molecule has 146 valence electrons. The normalized spacial score (nSPS) is 16.4. The van der Waals surface area contributed by atoms with Gasteiger partial charge in [0, 0.05) is 18.9 Å². The van der Waals surface area contributed by atoms with Gasteiger partial charge in [-0.1, -0.05) is 17.3 Å². The first-order valence-electron chi connectivity index (χ1n) is 9.49. The molecule has 1 saturated heterocycles. The largest absolute Gasteiger partial charge is 0.423 e. The summed E-state index contributed by atoms with van der Waals surface area (Å²) in [6, 6.07) is 11.5. The molecule has 0 aliphatic carbocycles. The van der Waals surface area contributed by atoms with Gasteiger partial charge >= 0.3 is 0 Å². The maximum Gasteiger partial charge on any atom is 0.299 e. The first kappa shape index (κ1) is 17.4. The molecule has 0 bridgehead atoms. The zero-order valence-corrected chi connectivity index (χ0v) is 15.6. The highest BCUT2D eigenvalue weighted by molar-refractivity contribution is 5.85. The minimum absolute atomic E-state index is 0.0665. The Kier molecular flexibility index (Phi) is 4.39. The third-order valence-electron chi connectivity index (χ3n) is 5.00. The van der Waals surface area contributed by atoms with Crippen LogP contribution in [-0.4, -0.2) is 43.5 Å². The van der Waals surface area contributed by atoms with E-state index in [4.69, 9.17) is 4.42 Å². The number of carbonyl (C=O) groups excluding carboxylic acids is 1. The van der Waals surface area contributed by atoms with Gasteiger partial charge in [0.05, 0.1) is 18.4 Å². The summed E-state index contributed by atoms with van der Waals surface area (Å²) in [5.41, 5.74) is 3.06. The molecule has 0 spiro atoms. The molecule has 3 aromatic heterocycles. The molecule has 1 aliphatic rings. The van der Waals surface area contributed by atoms with Crippen LogP contribution in [-0.2, 0) is 11.3 Å². The van der Waals surface area contributed by atoms with E-state index in [0.717, 1.165) is 36.2 Å². The Morgan fingerprint density at radius 2 is 2.07 bits per heavy atom. The van der Waals surface area contributed by atoms with Gasteiger partial charge in [0.15, 0.2) is 5.58 Å². The van der Waals surface area contributed by atoms with E-state index in [-0.39, 0.29) is 11.9 Å². The van der Waals surface area contributed by atoms with Crippen molar-refractivity contribution in [3.8, 4) is 5.69 Å². The number of hydrogen-bond donors (Lipinski definition) is 1. The summed E-state index contributed by atoms with van der Waals surface area (Å²) in [5.74, 6) is -0.0665. The molecule has 9 nitrogen and oxygen atoms in total. The molecule has 1 aromatic carbocycles. The fourth-order valence-electron chi connectivity index (χ4n) is 3.55. The molecule has 0 radical (unpaired) electrons. The molecule has 9 heteroatoms. The lowest BCUT2D eigenvalue weighted by Gasteiger charge is -2.21. The van der Waals surface area contributed by atoms with Crippen molar-refractivity contribution in [1.29, 1.82) is 0 Å². The number of para-hydroxylation sites is 2. The van der Waals surface area contributed by atoms with E-state index in [0.29, 0.717) is 18.3 Å². The Balaban J connectivity index is 1.26. The maximum atomic E-state index is 12.8. The average molecular weight is 389 g/mol. The van der Waals surface area contributed by atoms with Crippen LogP contribution >= 0.6 is 0 Å². The molecule has 5 rings (SSSR count). The molecule has 0 saturated carbocycles. The van der Waals surface area contributed by atoms with Crippen molar-refractivity contribution in [3.05, 3.63) is 60.7 Å². The van der Waals surface area contributed by atoms with E-state index >= 15 is 0 Å². The van der Waals surface area contributed by atoms with Gasteiger partial charge < -0.3 is 14.6 Å². The Hall–Kier alpha value is -3.75. The number of pyridine rings is 1. The summed E-state index contributed by atoms with van der Waals surface area (Å²) in [5, 5.41) is 11.2. The number of benzene rings is 1. The first-order valence-corrected chi connectivity index (χ1v) is 9.49. The molecule has 4 aromatic rings. The Labute approximate surface area is 166 Å². The van der Waals surface area contributed by atoms with Crippen LogP contribution in [0.5, 0.6) is 0 Å². The van der Waals surface area contributed by atoms with Gasteiger partial charge in [-0.3, -0.25) is 9.78 Å². The summed E-state index contributed by atoms with van der Waals surface area (Å²) in [6.45, 7) is 1.05. The van der Waals surface area contributed by atoms with Crippen molar-refractivity contribution in [2.24, 2.45) is 0 Å². The number of amides is 1. The van der Waals surface area contributed by atoms with Gasteiger partial charge in [0.1, 0.15) is 17.3 Å². The molecule has 0 unspecified atom stereocenters. The number of fused-ring (bicyclic) bond motifs is 1. The topological polar surface area (TPSA) is 102 Å². The summed E-state index contributed by atoms with van der Waals surface area (Å²) in [6.07, 6.45) is 6.85. The van der Waals surface area contributed by atoms with Gasteiger partial charge in [0.25, 0.3) is 6.01 Å². The van der Waals surface area contributed by atoms with Crippen LogP contribution in [0.3, 0.4) is 0 Å². The lowest BCUT2D eigenvalue weighted by molar-refractivity contribution is -0.122. The van der Waals surface area contributed by atoms with Crippen LogP contribution in [0, 0.1) is 0 Å². The highest BCUT2D eigenvalue weighted by Gasteiger charge is 2.33.